The van der Waals surface area contributed by atoms with Gasteiger partial charge in [0.25, 0.3) is 5.91 Å². The van der Waals surface area contributed by atoms with Crippen LogP contribution in [-0.2, 0) is 4.74 Å². The first-order chi connectivity index (χ1) is 8.60. The highest BCUT2D eigenvalue weighted by Gasteiger charge is 2.26. The molecular formula is C13H17FN2O2. The Balaban J connectivity index is 2.00. The molecule has 0 radical (unpaired) electrons. The van der Waals surface area contributed by atoms with E-state index in [0.29, 0.717) is 5.56 Å². The van der Waals surface area contributed by atoms with Crippen LogP contribution >= 0.6 is 0 Å². The topological polar surface area (TPSA) is 64.3 Å². The molecule has 1 aromatic rings. The maximum Gasteiger partial charge on any atom is 0.253 e. The van der Waals surface area contributed by atoms with Gasteiger partial charge in [-0.15, -0.1) is 0 Å². The fraction of sp³-hybridized carbons (Fsp3) is 0.462. The van der Waals surface area contributed by atoms with Crippen molar-refractivity contribution in [3.05, 3.63) is 29.6 Å². The summed E-state index contributed by atoms with van der Waals surface area (Å²) in [5.41, 5.74) is 6.10. The lowest BCUT2D eigenvalue weighted by Crippen LogP contribution is -2.33. The largest absolute Gasteiger partial charge is 0.398 e. The molecule has 1 fully saturated rings. The van der Waals surface area contributed by atoms with Gasteiger partial charge in [-0.25, -0.2) is 4.39 Å². The molecule has 1 aliphatic rings. The lowest BCUT2D eigenvalue weighted by atomic mass is 10.1. The molecule has 0 aromatic heterocycles. The van der Waals surface area contributed by atoms with Crippen LogP contribution in [0.15, 0.2) is 18.2 Å². The van der Waals surface area contributed by atoms with E-state index >= 15 is 0 Å². The zero-order chi connectivity index (χ0) is 13.1. The van der Waals surface area contributed by atoms with E-state index in [1.165, 1.54) is 12.1 Å². The zero-order valence-electron chi connectivity index (χ0n) is 10.3. The normalized spacial score (nSPS) is 23.0. The second kappa shape index (κ2) is 5.35. The van der Waals surface area contributed by atoms with Crippen LogP contribution in [-0.4, -0.2) is 25.2 Å². The van der Waals surface area contributed by atoms with Crippen molar-refractivity contribution in [3.8, 4) is 0 Å². The molecule has 1 aromatic carbocycles. The Labute approximate surface area is 105 Å². The van der Waals surface area contributed by atoms with Gasteiger partial charge in [0.05, 0.1) is 11.7 Å². The Morgan fingerprint density at radius 3 is 2.89 bits per heavy atom. The van der Waals surface area contributed by atoms with Crippen molar-refractivity contribution in [3.63, 3.8) is 0 Å². The van der Waals surface area contributed by atoms with Gasteiger partial charge < -0.3 is 15.8 Å². The molecule has 0 spiro atoms. The van der Waals surface area contributed by atoms with Gasteiger partial charge >= 0.3 is 0 Å². The number of methoxy groups -OCH3 is 1. The van der Waals surface area contributed by atoms with Crippen molar-refractivity contribution in [2.24, 2.45) is 0 Å². The van der Waals surface area contributed by atoms with Crippen molar-refractivity contribution >= 4 is 11.6 Å². The van der Waals surface area contributed by atoms with Gasteiger partial charge in [-0.1, -0.05) is 0 Å². The molecule has 0 aliphatic heterocycles. The van der Waals surface area contributed by atoms with E-state index in [4.69, 9.17) is 10.5 Å². The summed E-state index contributed by atoms with van der Waals surface area (Å²) in [5.74, 6) is -0.696. The highest BCUT2D eigenvalue weighted by molar-refractivity contribution is 5.99. The van der Waals surface area contributed by atoms with Crippen LogP contribution < -0.4 is 11.1 Å². The quantitative estimate of drug-likeness (QED) is 0.805. The first-order valence-electron chi connectivity index (χ1n) is 5.99. The minimum atomic E-state index is -0.440. The second-order valence-corrected chi connectivity index (χ2v) is 4.57. The molecule has 0 saturated heterocycles. The van der Waals surface area contributed by atoms with Crippen molar-refractivity contribution < 1.29 is 13.9 Å². The Hall–Kier alpha value is -1.62. The maximum atomic E-state index is 12.9. The van der Waals surface area contributed by atoms with E-state index in [1.807, 2.05) is 0 Å². The minimum absolute atomic E-state index is 0.104. The SMILES string of the molecule is COC1CCC(NC(=O)c2ccc(F)cc2N)C1. The molecule has 0 heterocycles. The standard InChI is InChI=1S/C13H17FN2O2/c1-18-10-4-3-9(7-10)16-13(17)11-5-2-8(14)6-12(11)15/h2,5-6,9-10H,3-4,7,15H2,1H3,(H,16,17). The third-order valence-electron chi connectivity index (χ3n) is 3.31. The molecule has 1 saturated carbocycles. The number of nitrogens with one attached hydrogen (secondary N) is 1. The van der Waals surface area contributed by atoms with Gasteiger partial charge in [0.1, 0.15) is 5.82 Å². The number of anilines is 1. The smallest absolute Gasteiger partial charge is 0.253 e. The second-order valence-electron chi connectivity index (χ2n) is 4.57. The van der Waals surface area contributed by atoms with Crippen molar-refractivity contribution in [2.45, 2.75) is 31.4 Å². The van der Waals surface area contributed by atoms with E-state index < -0.39 is 5.82 Å². The van der Waals surface area contributed by atoms with E-state index in [-0.39, 0.29) is 23.7 Å². The fourth-order valence-electron chi connectivity index (χ4n) is 2.29. The Kier molecular flexibility index (Phi) is 3.81. The average Bonchev–Trinajstić information content (AvgIpc) is 2.76. The van der Waals surface area contributed by atoms with Gasteiger partial charge in [0.15, 0.2) is 0 Å². The van der Waals surface area contributed by atoms with Gasteiger partial charge in [-0.2, -0.15) is 0 Å². The third-order valence-corrected chi connectivity index (χ3v) is 3.31. The zero-order valence-corrected chi connectivity index (χ0v) is 10.3. The number of rotatable bonds is 3. The predicted octanol–water partition coefficient (Wildman–Crippen LogP) is 1.71. The molecule has 5 heteroatoms. The highest BCUT2D eigenvalue weighted by Crippen LogP contribution is 2.22. The first-order valence-corrected chi connectivity index (χ1v) is 5.99. The Bertz CT molecular complexity index is 451. The summed E-state index contributed by atoms with van der Waals surface area (Å²) in [6.45, 7) is 0. The van der Waals surface area contributed by atoms with Gasteiger partial charge in [-0.3, -0.25) is 4.79 Å². The number of halogens is 1. The van der Waals surface area contributed by atoms with Crippen LogP contribution in [0, 0.1) is 5.82 Å². The molecule has 2 unspecified atom stereocenters. The number of hydrogen-bond donors (Lipinski definition) is 2. The van der Waals surface area contributed by atoms with Crippen LogP contribution in [0.2, 0.25) is 0 Å². The summed E-state index contributed by atoms with van der Waals surface area (Å²) in [6, 6.07) is 3.90. The summed E-state index contributed by atoms with van der Waals surface area (Å²) in [5, 5.41) is 2.90. The molecule has 2 atom stereocenters. The number of ether oxygens (including phenoxy) is 1. The monoisotopic (exact) mass is 252 g/mol. The van der Waals surface area contributed by atoms with E-state index in [1.54, 1.807) is 7.11 Å². The number of carbonyl (C=O) groups is 1. The van der Waals surface area contributed by atoms with Crippen LogP contribution in [0.5, 0.6) is 0 Å². The molecule has 3 N–H and O–H groups in total. The predicted molar refractivity (Wildman–Crippen MR) is 66.7 cm³/mol. The summed E-state index contributed by atoms with van der Waals surface area (Å²) in [4.78, 5) is 12.0. The Morgan fingerprint density at radius 2 is 2.28 bits per heavy atom. The number of nitrogen functional groups attached to an aromatic ring is 1. The Morgan fingerprint density at radius 1 is 1.50 bits per heavy atom. The molecule has 0 bridgehead atoms. The summed E-state index contributed by atoms with van der Waals surface area (Å²) < 4.78 is 18.1. The molecule has 4 nitrogen and oxygen atoms in total. The summed E-state index contributed by atoms with van der Waals surface area (Å²) >= 11 is 0. The van der Waals surface area contributed by atoms with E-state index in [2.05, 4.69) is 5.32 Å². The number of hydrogen-bond acceptors (Lipinski definition) is 3. The molecule has 18 heavy (non-hydrogen) atoms. The average molecular weight is 252 g/mol. The molecule has 1 aliphatic carbocycles. The summed E-state index contributed by atoms with van der Waals surface area (Å²) in [7, 11) is 1.67. The highest BCUT2D eigenvalue weighted by atomic mass is 19.1. The van der Waals surface area contributed by atoms with Crippen LogP contribution in [0.1, 0.15) is 29.6 Å². The minimum Gasteiger partial charge on any atom is -0.398 e. The van der Waals surface area contributed by atoms with Crippen molar-refractivity contribution in [2.75, 3.05) is 12.8 Å². The third kappa shape index (κ3) is 2.79. The lowest BCUT2D eigenvalue weighted by Gasteiger charge is -2.14. The first kappa shape index (κ1) is 12.8. The van der Waals surface area contributed by atoms with Crippen molar-refractivity contribution in [1.29, 1.82) is 0 Å². The van der Waals surface area contributed by atoms with Crippen LogP contribution in [0.25, 0.3) is 0 Å². The molecule has 98 valence electrons. The maximum absolute atomic E-state index is 12.9. The number of carbonyl (C=O) groups excluding carboxylic acids is 1. The van der Waals surface area contributed by atoms with Gasteiger partial charge in [-0.05, 0) is 37.5 Å². The number of amides is 1. The van der Waals surface area contributed by atoms with Crippen molar-refractivity contribution in [1.82, 2.24) is 5.32 Å². The van der Waals surface area contributed by atoms with Crippen LogP contribution in [0.3, 0.4) is 0 Å². The number of nitrogens with two attached hydrogens (primary N) is 1. The molecule has 2 rings (SSSR count). The van der Waals surface area contributed by atoms with E-state index in [0.717, 1.165) is 25.3 Å². The summed E-state index contributed by atoms with van der Waals surface area (Å²) in [6.07, 6.45) is 2.86. The fourth-order valence-corrected chi connectivity index (χ4v) is 2.29. The lowest BCUT2D eigenvalue weighted by molar-refractivity contribution is 0.0916. The van der Waals surface area contributed by atoms with E-state index in [9.17, 15) is 9.18 Å². The molecular weight excluding hydrogens is 235 g/mol. The molecule has 1 amide bonds. The van der Waals surface area contributed by atoms with Gasteiger partial charge in [0, 0.05) is 18.8 Å². The van der Waals surface area contributed by atoms with Gasteiger partial charge in [0.2, 0.25) is 0 Å². The van der Waals surface area contributed by atoms with Crippen LogP contribution in [0.4, 0.5) is 10.1 Å². The number of benzene rings is 1.